The van der Waals surface area contributed by atoms with Crippen LogP contribution in [0.4, 0.5) is 0 Å². The predicted octanol–water partition coefficient (Wildman–Crippen LogP) is 3.81. The van der Waals surface area contributed by atoms with Gasteiger partial charge in [0.2, 0.25) is 0 Å². The van der Waals surface area contributed by atoms with Crippen LogP contribution in [0.5, 0.6) is 0 Å². The van der Waals surface area contributed by atoms with E-state index in [9.17, 15) is 4.79 Å². The maximum Gasteiger partial charge on any atom is 0.264 e. The topological polar surface area (TPSA) is 41.5 Å². The Morgan fingerprint density at radius 3 is 2.71 bits per heavy atom. The molecule has 3 rings (SSSR count). The second-order valence-electron chi connectivity index (χ2n) is 5.78. The Bertz CT molecular complexity index is 628. The summed E-state index contributed by atoms with van der Waals surface area (Å²) in [5.41, 5.74) is 3.58. The van der Waals surface area contributed by atoms with Crippen LogP contribution in [0.1, 0.15) is 42.4 Å². The molecule has 0 bridgehead atoms. The minimum Gasteiger partial charge on any atom is -0.301 e. The fraction of sp³-hybridized carbons (Fsp3) is 0.412. The summed E-state index contributed by atoms with van der Waals surface area (Å²) in [6.45, 7) is 4.18. The molecule has 1 aromatic rings. The summed E-state index contributed by atoms with van der Waals surface area (Å²) in [7, 11) is 0. The van der Waals surface area contributed by atoms with Gasteiger partial charge in [0.25, 0.3) is 5.91 Å². The van der Waals surface area contributed by atoms with Gasteiger partial charge >= 0.3 is 0 Å². The van der Waals surface area contributed by atoms with Gasteiger partial charge < -0.3 is 5.32 Å². The van der Waals surface area contributed by atoms with Gasteiger partial charge in [-0.3, -0.25) is 9.79 Å². The second kappa shape index (κ2) is 6.06. The zero-order chi connectivity index (χ0) is 14.8. The summed E-state index contributed by atoms with van der Waals surface area (Å²) in [5.74, 6) is -0.0324. The first-order valence-electron chi connectivity index (χ1n) is 7.48. The number of carbonyl (C=O) groups is 1. The highest BCUT2D eigenvalue weighted by Crippen LogP contribution is 2.29. The van der Waals surface area contributed by atoms with Crippen molar-refractivity contribution in [1.82, 2.24) is 5.32 Å². The number of aliphatic imine (C=N–C) groups is 1. The van der Waals surface area contributed by atoms with Gasteiger partial charge in [-0.15, -0.1) is 0 Å². The lowest BCUT2D eigenvalue weighted by molar-refractivity contribution is -0.115. The SMILES string of the molecule is Cc1ccc(/C=C2/SC(=NC3CCCC3)NC2=O)cc1C. The van der Waals surface area contributed by atoms with Crippen molar-refractivity contribution in [2.45, 2.75) is 45.6 Å². The fourth-order valence-electron chi connectivity index (χ4n) is 2.69. The van der Waals surface area contributed by atoms with Crippen molar-refractivity contribution in [3.8, 4) is 0 Å². The Hall–Kier alpha value is -1.55. The average molecular weight is 300 g/mol. The van der Waals surface area contributed by atoms with Crippen LogP contribution in [0, 0.1) is 13.8 Å². The minimum atomic E-state index is -0.0324. The number of hydrogen-bond donors (Lipinski definition) is 1. The molecule has 0 unspecified atom stereocenters. The summed E-state index contributed by atoms with van der Waals surface area (Å²) < 4.78 is 0. The molecule has 2 aliphatic rings. The summed E-state index contributed by atoms with van der Waals surface area (Å²) >= 11 is 1.46. The van der Waals surface area contributed by atoms with Crippen molar-refractivity contribution in [2.24, 2.45) is 4.99 Å². The molecule has 1 aromatic carbocycles. The summed E-state index contributed by atoms with van der Waals surface area (Å²) in [4.78, 5) is 17.4. The van der Waals surface area contributed by atoms with E-state index in [0.717, 1.165) is 28.5 Å². The first-order valence-corrected chi connectivity index (χ1v) is 8.29. The van der Waals surface area contributed by atoms with Gasteiger partial charge in [-0.2, -0.15) is 0 Å². The molecule has 1 heterocycles. The Balaban J connectivity index is 1.77. The Labute approximate surface area is 129 Å². The zero-order valence-corrected chi connectivity index (χ0v) is 13.3. The molecule has 1 amide bonds. The number of aryl methyl sites for hydroxylation is 2. The van der Waals surface area contributed by atoms with Crippen molar-refractivity contribution in [2.75, 3.05) is 0 Å². The molecular formula is C17H20N2OS. The number of amides is 1. The number of hydrogen-bond acceptors (Lipinski definition) is 3. The van der Waals surface area contributed by atoms with E-state index in [0.29, 0.717) is 6.04 Å². The lowest BCUT2D eigenvalue weighted by Gasteiger charge is -2.02. The van der Waals surface area contributed by atoms with Gasteiger partial charge in [0.15, 0.2) is 5.17 Å². The van der Waals surface area contributed by atoms with E-state index in [2.05, 4.69) is 42.4 Å². The quantitative estimate of drug-likeness (QED) is 0.844. The van der Waals surface area contributed by atoms with Crippen molar-refractivity contribution in [1.29, 1.82) is 0 Å². The largest absolute Gasteiger partial charge is 0.301 e. The van der Waals surface area contributed by atoms with Crippen LogP contribution in [-0.2, 0) is 4.79 Å². The van der Waals surface area contributed by atoms with E-state index >= 15 is 0 Å². The predicted molar refractivity (Wildman–Crippen MR) is 89.3 cm³/mol. The maximum atomic E-state index is 12.0. The van der Waals surface area contributed by atoms with Gasteiger partial charge in [-0.05, 0) is 61.2 Å². The summed E-state index contributed by atoms with van der Waals surface area (Å²) in [6.07, 6.45) is 6.76. The lowest BCUT2D eigenvalue weighted by atomic mass is 10.1. The molecule has 110 valence electrons. The highest BCUT2D eigenvalue weighted by Gasteiger charge is 2.25. The number of rotatable bonds is 2. The van der Waals surface area contributed by atoms with Crippen molar-refractivity contribution >= 4 is 28.9 Å². The van der Waals surface area contributed by atoms with Crippen LogP contribution in [0.3, 0.4) is 0 Å². The van der Waals surface area contributed by atoms with E-state index in [4.69, 9.17) is 0 Å². The summed E-state index contributed by atoms with van der Waals surface area (Å²) in [5, 5.41) is 3.65. The smallest absolute Gasteiger partial charge is 0.264 e. The lowest BCUT2D eigenvalue weighted by Crippen LogP contribution is -2.21. The molecular weight excluding hydrogens is 280 g/mol. The molecule has 2 fully saturated rings. The number of carbonyl (C=O) groups excluding carboxylic acids is 1. The number of benzene rings is 1. The fourth-order valence-corrected chi connectivity index (χ4v) is 3.59. The van der Waals surface area contributed by atoms with Gasteiger partial charge in [0, 0.05) is 0 Å². The highest BCUT2D eigenvalue weighted by molar-refractivity contribution is 8.18. The molecule has 0 aromatic heterocycles. The van der Waals surface area contributed by atoms with Crippen LogP contribution in [0.2, 0.25) is 0 Å². The standard InChI is InChI=1S/C17H20N2OS/c1-11-7-8-13(9-12(11)2)10-15-16(20)19-17(21-15)18-14-5-3-4-6-14/h7-10,14H,3-6H2,1-2H3,(H,18,19,20)/b15-10+. The van der Waals surface area contributed by atoms with Crippen LogP contribution < -0.4 is 5.32 Å². The van der Waals surface area contributed by atoms with Crippen molar-refractivity contribution in [3.63, 3.8) is 0 Å². The van der Waals surface area contributed by atoms with Crippen LogP contribution >= 0.6 is 11.8 Å². The summed E-state index contributed by atoms with van der Waals surface area (Å²) in [6, 6.07) is 6.65. The molecule has 4 heteroatoms. The third-order valence-electron chi connectivity index (χ3n) is 4.10. The number of thioether (sulfide) groups is 1. The van der Waals surface area contributed by atoms with Crippen molar-refractivity contribution in [3.05, 3.63) is 39.8 Å². The monoisotopic (exact) mass is 300 g/mol. The van der Waals surface area contributed by atoms with Gasteiger partial charge in [-0.25, -0.2) is 0 Å². The van der Waals surface area contributed by atoms with E-state index in [-0.39, 0.29) is 5.91 Å². The molecule has 0 atom stereocenters. The van der Waals surface area contributed by atoms with E-state index in [1.165, 1.54) is 35.7 Å². The second-order valence-corrected chi connectivity index (χ2v) is 6.81. The van der Waals surface area contributed by atoms with Gasteiger partial charge in [0.1, 0.15) is 0 Å². The van der Waals surface area contributed by atoms with Crippen LogP contribution in [0.25, 0.3) is 6.08 Å². The van der Waals surface area contributed by atoms with Crippen LogP contribution in [0.15, 0.2) is 28.1 Å². The van der Waals surface area contributed by atoms with E-state index in [1.807, 2.05) is 6.08 Å². The first kappa shape index (κ1) is 14.4. The van der Waals surface area contributed by atoms with E-state index in [1.54, 1.807) is 0 Å². The molecule has 1 N–H and O–H groups in total. The maximum absolute atomic E-state index is 12.0. The molecule has 1 saturated heterocycles. The van der Waals surface area contributed by atoms with Crippen LogP contribution in [-0.4, -0.2) is 17.1 Å². The average Bonchev–Trinajstić information content (AvgIpc) is 3.05. The normalized spacial score (nSPS) is 23.2. The number of nitrogens with zero attached hydrogens (tertiary/aromatic N) is 1. The van der Waals surface area contributed by atoms with E-state index < -0.39 is 0 Å². The number of amidine groups is 1. The molecule has 1 saturated carbocycles. The molecule has 1 aliphatic heterocycles. The van der Waals surface area contributed by atoms with Gasteiger partial charge in [0.05, 0.1) is 10.9 Å². The highest BCUT2D eigenvalue weighted by atomic mass is 32.2. The Kier molecular flexibility index (Phi) is 4.15. The third kappa shape index (κ3) is 3.38. The Morgan fingerprint density at radius 1 is 1.24 bits per heavy atom. The first-order chi connectivity index (χ1) is 10.1. The minimum absolute atomic E-state index is 0.0324. The molecule has 21 heavy (non-hydrogen) atoms. The molecule has 3 nitrogen and oxygen atoms in total. The van der Waals surface area contributed by atoms with Crippen molar-refractivity contribution < 1.29 is 4.79 Å². The number of nitrogens with one attached hydrogen (secondary N) is 1. The molecule has 0 radical (unpaired) electrons. The third-order valence-corrected chi connectivity index (χ3v) is 5.03. The molecule has 1 aliphatic carbocycles. The zero-order valence-electron chi connectivity index (χ0n) is 12.5. The Morgan fingerprint density at radius 2 is 2.00 bits per heavy atom. The van der Waals surface area contributed by atoms with Gasteiger partial charge in [-0.1, -0.05) is 31.0 Å². The molecule has 0 spiro atoms.